The zero-order valence-corrected chi connectivity index (χ0v) is 18.8. The zero-order valence-electron chi connectivity index (χ0n) is 18.8. The summed E-state index contributed by atoms with van der Waals surface area (Å²) in [6.07, 6.45) is 22.8. The molecule has 0 aromatic heterocycles. The summed E-state index contributed by atoms with van der Waals surface area (Å²) >= 11 is 0. The van der Waals surface area contributed by atoms with Crippen LogP contribution in [0.3, 0.4) is 0 Å². The van der Waals surface area contributed by atoms with Crippen molar-refractivity contribution in [1.29, 1.82) is 0 Å². The lowest BCUT2D eigenvalue weighted by Crippen LogP contribution is -2.32. The summed E-state index contributed by atoms with van der Waals surface area (Å²) in [6.45, 7) is 4.38. The molecule has 0 aliphatic heterocycles. The molecular weight excluding hydrogens is 344 g/mol. The van der Waals surface area contributed by atoms with Crippen molar-refractivity contribution in [2.24, 2.45) is 29.6 Å². The van der Waals surface area contributed by atoms with Gasteiger partial charge in [-0.25, -0.2) is 0 Å². The van der Waals surface area contributed by atoms with Crippen molar-refractivity contribution in [3.8, 4) is 0 Å². The van der Waals surface area contributed by atoms with Crippen molar-refractivity contribution >= 4 is 5.97 Å². The zero-order chi connectivity index (χ0) is 19.8. The van der Waals surface area contributed by atoms with Gasteiger partial charge in [0.2, 0.25) is 0 Å². The molecule has 0 amide bonds. The topological polar surface area (TPSA) is 26.3 Å². The third-order valence-electron chi connectivity index (χ3n) is 8.43. The molecule has 3 saturated carbocycles. The van der Waals surface area contributed by atoms with E-state index in [0.29, 0.717) is 6.42 Å². The quantitative estimate of drug-likeness (QED) is 0.397. The van der Waals surface area contributed by atoms with Crippen LogP contribution in [0.25, 0.3) is 0 Å². The van der Waals surface area contributed by atoms with E-state index in [1.54, 1.807) is 0 Å². The molecule has 3 aliphatic carbocycles. The van der Waals surface area contributed by atoms with Gasteiger partial charge in [0.05, 0.1) is 0 Å². The Morgan fingerprint density at radius 1 is 0.750 bits per heavy atom. The number of ether oxygens (including phenoxy) is 1. The Hall–Kier alpha value is -0.530. The predicted molar refractivity (Wildman–Crippen MR) is 117 cm³/mol. The van der Waals surface area contributed by atoms with Gasteiger partial charge in [-0.2, -0.15) is 0 Å². The molecule has 3 fully saturated rings. The highest BCUT2D eigenvalue weighted by Gasteiger charge is 2.35. The van der Waals surface area contributed by atoms with E-state index < -0.39 is 0 Å². The van der Waals surface area contributed by atoms with Crippen LogP contribution in [0.1, 0.15) is 123 Å². The molecule has 0 aromatic carbocycles. The highest BCUT2D eigenvalue weighted by atomic mass is 16.5. The second kappa shape index (κ2) is 11.6. The number of carbonyl (C=O) groups is 1. The lowest BCUT2D eigenvalue weighted by molar-refractivity contribution is -0.151. The lowest BCUT2D eigenvalue weighted by Gasteiger charge is -2.41. The van der Waals surface area contributed by atoms with Gasteiger partial charge in [0.15, 0.2) is 0 Å². The number of esters is 1. The highest BCUT2D eigenvalue weighted by Crippen LogP contribution is 2.46. The Labute approximate surface area is 174 Å². The van der Waals surface area contributed by atoms with Crippen molar-refractivity contribution < 1.29 is 9.53 Å². The Bertz CT molecular complexity index is 443. The summed E-state index contributed by atoms with van der Waals surface area (Å²) in [5.41, 5.74) is 0. The maximum atomic E-state index is 11.9. The maximum Gasteiger partial charge on any atom is 0.306 e. The van der Waals surface area contributed by atoms with Crippen molar-refractivity contribution in [1.82, 2.24) is 0 Å². The minimum absolute atomic E-state index is 0.0337. The summed E-state index contributed by atoms with van der Waals surface area (Å²) in [7, 11) is 0. The van der Waals surface area contributed by atoms with E-state index in [9.17, 15) is 4.79 Å². The molecule has 0 spiro atoms. The molecule has 0 aromatic rings. The molecule has 162 valence electrons. The largest absolute Gasteiger partial charge is 0.462 e. The second-order valence-corrected chi connectivity index (χ2v) is 10.4. The highest BCUT2D eigenvalue weighted by molar-refractivity contribution is 5.69. The van der Waals surface area contributed by atoms with Crippen LogP contribution in [0.2, 0.25) is 0 Å². The molecule has 2 nitrogen and oxygen atoms in total. The third kappa shape index (κ3) is 6.49. The minimum atomic E-state index is 0.0337. The van der Waals surface area contributed by atoms with E-state index in [2.05, 4.69) is 13.8 Å². The second-order valence-electron chi connectivity index (χ2n) is 10.4. The van der Waals surface area contributed by atoms with E-state index in [4.69, 9.17) is 4.74 Å². The normalized spacial score (nSPS) is 36.8. The van der Waals surface area contributed by atoms with Crippen LogP contribution >= 0.6 is 0 Å². The fourth-order valence-corrected chi connectivity index (χ4v) is 6.69. The number of rotatable bonds is 8. The number of carbonyl (C=O) groups excluding carboxylic acids is 1. The standard InChI is InChI=1S/C26H46O2/c1-3-5-8-20-11-13-21(14-12-20)22-15-17-23(18-16-22)24-9-6-10-25(19-24)28-26(27)7-4-2/h20-25H,3-19H2,1-2H3. The van der Waals surface area contributed by atoms with Crippen LogP contribution in [0, 0.1) is 29.6 Å². The van der Waals surface area contributed by atoms with Gasteiger partial charge in [0, 0.05) is 6.42 Å². The maximum absolute atomic E-state index is 11.9. The smallest absolute Gasteiger partial charge is 0.306 e. The predicted octanol–water partition coefficient (Wildman–Crippen LogP) is 7.69. The molecule has 2 unspecified atom stereocenters. The van der Waals surface area contributed by atoms with Gasteiger partial charge in [-0.1, -0.05) is 46.0 Å². The first-order valence-electron chi connectivity index (χ1n) is 12.9. The molecule has 2 atom stereocenters. The summed E-state index contributed by atoms with van der Waals surface area (Å²) < 4.78 is 5.77. The number of unbranched alkanes of at least 4 members (excludes halogenated alkanes) is 1. The van der Waals surface area contributed by atoms with Gasteiger partial charge in [0.25, 0.3) is 0 Å². The van der Waals surface area contributed by atoms with Crippen molar-refractivity contribution in [2.45, 2.75) is 129 Å². The van der Waals surface area contributed by atoms with Gasteiger partial charge in [-0.05, 0) is 100 Å². The molecule has 0 bridgehead atoms. The van der Waals surface area contributed by atoms with Crippen LogP contribution in [-0.4, -0.2) is 12.1 Å². The number of hydrogen-bond donors (Lipinski definition) is 0. The Balaban J connectivity index is 1.37. The monoisotopic (exact) mass is 390 g/mol. The molecule has 0 heterocycles. The van der Waals surface area contributed by atoms with E-state index in [-0.39, 0.29) is 12.1 Å². The SMILES string of the molecule is CCCCC1CCC(C2CCC(C3CCCC(OC(=O)CCC)C3)CC2)CC1. The van der Waals surface area contributed by atoms with Gasteiger partial charge in [-0.3, -0.25) is 4.79 Å². The molecule has 3 aliphatic rings. The van der Waals surface area contributed by atoms with E-state index in [1.165, 1.54) is 83.5 Å². The molecule has 3 rings (SSSR count). The van der Waals surface area contributed by atoms with Crippen LogP contribution in [0.15, 0.2) is 0 Å². The molecule has 2 heteroatoms. The minimum Gasteiger partial charge on any atom is -0.462 e. The fourth-order valence-electron chi connectivity index (χ4n) is 6.69. The van der Waals surface area contributed by atoms with Gasteiger partial charge in [0.1, 0.15) is 6.10 Å². The average molecular weight is 391 g/mol. The van der Waals surface area contributed by atoms with Gasteiger partial charge in [-0.15, -0.1) is 0 Å². The fraction of sp³-hybridized carbons (Fsp3) is 0.962. The first-order chi connectivity index (χ1) is 13.7. The summed E-state index contributed by atoms with van der Waals surface area (Å²) in [4.78, 5) is 11.9. The summed E-state index contributed by atoms with van der Waals surface area (Å²) in [5, 5.41) is 0. The Morgan fingerprint density at radius 3 is 1.96 bits per heavy atom. The van der Waals surface area contributed by atoms with Gasteiger partial charge >= 0.3 is 5.97 Å². The van der Waals surface area contributed by atoms with Crippen molar-refractivity contribution in [3.63, 3.8) is 0 Å². The molecule has 0 saturated heterocycles. The summed E-state index contributed by atoms with van der Waals surface area (Å²) in [6, 6.07) is 0. The van der Waals surface area contributed by atoms with E-state index >= 15 is 0 Å². The Morgan fingerprint density at radius 2 is 1.36 bits per heavy atom. The van der Waals surface area contributed by atoms with Crippen LogP contribution in [0.5, 0.6) is 0 Å². The van der Waals surface area contributed by atoms with Crippen molar-refractivity contribution in [3.05, 3.63) is 0 Å². The molecule has 28 heavy (non-hydrogen) atoms. The third-order valence-corrected chi connectivity index (χ3v) is 8.43. The van der Waals surface area contributed by atoms with Crippen LogP contribution < -0.4 is 0 Å². The number of hydrogen-bond acceptors (Lipinski definition) is 2. The molecular formula is C26H46O2. The Kier molecular flexibility index (Phi) is 9.18. The first kappa shape index (κ1) is 22.2. The van der Waals surface area contributed by atoms with Gasteiger partial charge < -0.3 is 4.74 Å². The average Bonchev–Trinajstić information content (AvgIpc) is 2.73. The van der Waals surface area contributed by atoms with E-state index in [0.717, 1.165) is 48.9 Å². The molecule has 0 N–H and O–H groups in total. The van der Waals surface area contributed by atoms with Crippen molar-refractivity contribution in [2.75, 3.05) is 0 Å². The first-order valence-corrected chi connectivity index (χ1v) is 12.9. The van der Waals surface area contributed by atoms with Crippen LogP contribution in [-0.2, 0) is 9.53 Å². The summed E-state index contributed by atoms with van der Waals surface area (Å²) in [5.74, 6) is 4.86. The van der Waals surface area contributed by atoms with Crippen LogP contribution in [0.4, 0.5) is 0 Å². The lowest BCUT2D eigenvalue weighted by atomic mass is 9.65. The van der Waals surface area contributed by atoms with E-state index in [1.807, 2.05) is 0 Å². The molecule has 0 radical (unpaired) electrons.